The van der Waals surface area contributed by atoms with Gasteiger partial charge in [-0.3, -0.25) is 9.11 Å². The molecule has 0 saturated heterocycles. The summed E-state index contributed by atoms with van der Waals surface area (Å²) in [4.78, 5) is 0. The molecule has 9 heteroatoms. The molecule has 6 N–H and O–H groups in total. The molecule has 4 rings (SSSR count). The maximum atomic E-state index is 8.74. The van der Waals surface area contributed by atoms with E-state index in [4.69, 9.17) is 38.5 Å². The zero-order valence-corrected chi connectivity index (χ0v) is 20.6. The summed E-state index contributed by atoms with van der Waals surface area (Å²) in [5, 5.41) is 0. The lowest BCUT2D eigenvalue weighted by molar-refractivity contribution is 0.381. The summed E-state index contributed by atoms with van der Waals surface area (Å²) in [6.07, 6.45) is 0. The normalized spacial score (nSPS) is 11.2. The van der Waals surface area contributed by atoms with E-state index >= 15 is 0 Å². The number of nitrogens with two attached hydrogens (primary N) is 2. The topological polar surface area (TPSA) is 145 Å². The monoisotopic (exact) mass is 508 g/mol. The van der Waals surface area contributed by atoms with Crippen molar-refractivity contribution in [2.45, 2.75) is 19.3 Å². The van der Waals surface area contributed by atoms with Crippen molar-refractivity contribution in [2.75, 3.05) is 11.5 Å². The molecule has 0 saturated carbocycles. The van der Waals surface area contributed by atoms with E-state index in [0.717, 1.165) is 23.0 Å². The highest BCUT2D eigenvalue weighted by atomic mass is 32.3. The van der Waals surface area contributed by atoms with E-state index in [2.05, 4.69) is 38.1 Å². The van der Waals surface area contributed by atoms with Gasteiger partial charge in [0.1, 0.15) is 23.0 Å². The summed E-state index contributed by atoms with van der Waals surface area (Å²) in [5.74, 6) is 3.10. The summed E-state index contributed by atoms with van der Waals surface area (Å²) >= 11 is 0. The molecule has 0 fully saturated rings. The van der Waals surface area contributed by atoms with Gasteiger partial charge in [0.25, 0.3) is 0 Å². The zero-order valence-electron chi connectivity index (χ0n) is 19.8. The lowest BCUT2D eigenvalue weighted by Gasteiger charge is -2.26. The maximum Gasteiger partial charge on any atom is 0.394 e. The first-order valence-corrected chi connectivity index (χ1v) is 12.3. The lowest BCUT2D eigenvalue weighted by atomic mass is 9.78. The fourth-order valence-corrected chi connectivity index (χ4v) is 3.39. The first-order valence-electron chi connectivity index (χ1n) is 10.9. The molecule has 0 unspecified atom stereocenters. The molecule has 8 nitrogen and oxygen atoms in total. The van der Waals surface area contributed by atoms with E-state index in [1.165, 1.54) is 11.1 Å². The van der Waals surface area contributed by atoms with Gasteiger partial charge >= 0.3 is 10.4 Å². The van der Waals surface area contributed by atoms with Gasteiger partial charge in [-0.2, -0.15) is 8.42 Å². The van der Waals surface area contributed by atoms with E-state index in [1.54, 1.807) is 0 Å². The smallest absolute Gasteiger partial charge is 0.394 e. The molecular formula is C27H28N2O6S. The summed E-state index contributed by atoms with van der Waals surface area (Å²) in [5.41, 5.74) is 15.1. The van der Waals surface area contributed by atoms with Gasteiger partial charge in [0, 0.05) is 16.8 Å². The summed E-state index contributed by atoms with van der Waals surface area (Å²) < 4.78 is 43.4. The second kappa shape index (κ2) is 11.1. The molecular weight excluding hydrogens is 480 g/mol. The third-order valence-corrected chi connectivity index (χ3v) is 5.38. The molecule has 0 bridgehead atoms. The highest BCUT2D eigenvalue weighted by Crippen LogP contribution is 2.34. The summed E-state index contributed by atoms with van der Waals surface area (Å²) in [6, 6.07) is 31.1. The van der Waals surface area contributed by atoms with Crippen LogP contribution in [0.5, 0.6) is 23.0 Å². The van der Waals surface area contributed by atoms with Crippen LogP contribution in [0.25, 0.3) is 0 Å². The summed E-state index contributed by atoms with van der Waals surface area (Å²) in [6.45, 7) is 4.41. The first-order chi connectivity index (χ1) is 16.9. The predicted octanol–water partition coefficient (Wildman–Crippen LogP) is 6.11. The number of benzene rings is 4. The van der Waals surface area contributed by atoms with Gasteiger partial charge in [0.05, 0.1) is 0 Å². The molecule has 0 aromatic heterocycles. The highest BCUT2D eigenvalue weighted by molar-refractivity contribution is 7.79. The second-order valence-corrected chi connectivity index (χ2v) is 9.36. The highest BCUT2D eigenvalue weighted by Gasteiger charge is 2.23. The Hall–Kier alpha value is -4.05. The van der Waals surface area contributed by atoms with E-state index in [1.807, 2.05) is 72.8 Å². The van der Waals surface area contributed by atoms with Gasteiger partial charge in [-0.15, -0.1) is 0 Å². The Kier molecular flexibility index (Phi) is 8.21. The van der Waals surface area contributed by atoms with Crippen LogP contribution in [-0.2, 0) is 15.8 Å². The van der Waals surface area contributed by atoms with Crippen LogP contribution >= 0.6 is 0 Å². The number of nitrogen functional groups attached to an aromatic ring is 2. The third kappa shape index (κ3) is 8.02. The van der Waals surface area contributed by atoms with Crippen LogP contribution in [0.15, 0.2) is 97.1 Å². The molecule has 0 atom stereocenters. The van der Waals surface area contributed by atoms with Crippen LogP contribution in [-0.4, -0.2) is 17.5 Å². The van der Waals surface area contributed by atoms with E-state index in [9.17, 15) is 0 Å². The molecule has 4 aromatic carbocycles. The molecule has 0 aliphatic heterocycles. The molecule has 0 heterocycles. The van der Waals surface area contributed by atoms with E-state index in [0.29, 0.717) is 11.4 Å². The van der Waals surface area contributed by atoms with Gasteiger partial charge in [-0.25, -0.2) is 0 Å². The van der Waals surface area contributed by atoms with Gasteiger partial charge in [-0.05, 0) is 83.9 Å². The van der Waals surface area contributed by atoms with Crippen LogP contribution in [0, 0.1) is 0 Å². The van der Waals surface area contributed by atoms with Crippen molar-refractivity contribution < 1.29 is 27.0 Å². The minimum absolute atomic E-state index is 0.167. The molecule has 0 radical (unpaired) electrons. The van der Waals surface area contributed by atoms with Gasteiger partial charge in [-0.1, -0.05) is 38.1 Å². The minimum atomic E-state index is -4.67. The van der Waals surface area contributed by atoms with Crippen molar-refractivity contribution in [1.82, 2.24) is 0 Å². The molecule has 4 aromatic rings. The molecule has 0 aliphatic carbocycles. The Morgan fingerprint density at radius 1 is 0.556 bits per heavy atom. The Labute approximate surface area is 210 Å². The predicted molar refractivity (Wildman–Crippen MR) is 141 cm³/mol. The average molecular weight is 509 g/mol. The number of rotatable bonds is 6. The second-order valence-electron chi connectivity index (χ2n) is 8.46. The number of hydrogen-bond donors (Lipinski definition) is 4. The lowest BCUT2D eigenvalue weighted by Crippen LogP contribution is -2.18. The van der Waals surface area contributed by atoms with Crippen molar-refractivity contribution >= 4 is 21.8 Å². The molecule has 0 amide bonds. The summed E-state index contributed by atoms with van der Waals surface area (Å²) in [7, 11) is -4.67. The quantitative estimate of drug-likeness (QED) is 0.180. The average Bonchev–Trinajstić information content (AvgIpc) is 2.82. The van der Waals surface area contributed by atoms with Crippen LogP contribution in [0.1, 0.15) is 25.0 Å². The Balaban J connectivity index is 0.000000658. The van der Waals surface area contributed by atoms with Crippen LogP contribution in [0.4, 0.5) is 11.4 Å². The number of hydrogen-bond acceptors (Lipinski definition) is 6. The van der Waals surface area contributed by atoms with Crippen molar-refractivity contribution in [3.63, 3.8) is 0 Å². The number of ether oxygens (including phenoxy) is 2. The molecule has 0 aliphatic rings. The first kappa shape index (κ1) is 26.6. The zero-order chi connectivity index (χ0) is 26.3. The van der Waals surface area contributed by atoms with E-state index < -0.39 is 10.4 Å². The van der Waals surface area contributed by atoms with Crippen LogP contribution in [0.3, 0.4) is 0 Å². The standard InChI is InChI=1S/C27H26N2O2.H2O4S/c1-27(2,19-3-11-23(12-4-19)30-25-15-7-21(28)8-16-25)20-5-13-24(14-6-20)31-26-17-9-22(29)10-18-26;1-5(2,3)4/h3-18H,28-29H2,1-2H3;(H2,1,2,3,4). The SMILES string of the molecule is CC(C)(c1ccc(Oc2ccc(N)cc2)cc1)c1ccc(Oc2ccc(N)cc2)cc1.O=S(=O)(O)O. The van der Waals surface area contributed by atoms with Gasteiger partial charge in [0.2, 0.25) is 0 Å². The Bertz CT molecular complexity index is 1270. The fraction of sp³-hybridized carbons (Fsp3) is 0.111. The van der Waals surface area contributed by atoms with Crippen molar-refractivity contribution in [1.29, 1.82) is 0 Å². The van der Waals surface area contributed by atoms with Gasteiger partial charge < -0.3 is 20.9 Å². The van der Waals surface area contributed by atoms with Crippen LogP contribution < -0.4 is 20.9 Å². The molecule has 188 valence electrons. The van der Waals surface area contributed by atoms with Crippen molar-refractivity contribution in [3.05, 3.63) is 108 Å². The van der Waals surface area contributed by atoms with Crippen LogP contribution in [0.2, 0.25) is 0 Å². The van der Waals surface area contributed by atoms with E-state index in [-0.39, 0.29) is 5.41 Å². The molecule has 36 heavy (non-hydrogen) atoms. The Morgan fingerprint density at radius 2 is 0.778 bits per heavy atom. The Morgan fingerprint density at radius 3 is 1.03 bits per heavy atom. The number of anilines is 2. The van der Waals surface area contributed by atoms with Crippen molar-refractivity contribution in [3.8, 4) is 23.0 Å². The largest absolute Gasteiger partial charge is 0.457 e. The third-order valence-electron chi connectivity index (χ3n) is 5.38. The molecule has 0 spiro atoms. The fourth-order valence-electron chi connectivity index (χ4n) is 3.39. The van der Waals surface area contributed by atoms with Crippen molar-refractivity contribution in [2.24, 2.45) is 0 Å². The maximum absolute atomic E-state index is 8.74. The van der Waals surface area contributed by atoms with Gasteiger partial charge in [0.15, 0.2) is 0 Å². The minimum Gasteiger partial charge on any atom is -0.457 e.